The van der Waals surface area contributed by atoms with E-state index < -0.39 is 0 Å². The van der Waals surface area contributed by atoms with Gasteiger partial charge in [0.2, 0.25) is 0 Å². The Kier molecular flexibility index (Phi) is 6.91. The summed E-state index contributed by atoms with van der Waals surface area (Å²) < 4.78 is 6.14. The van der Waals surface area contributed by atoms with Gasteiger partial charge in [-0.1, -0.05) is 49.4 Å². The summed E-state index contributed by atoms with van der Waals surface area (Å²) in [5.41, 5.74) is 2.72. The Morgan fingerprint density at radius 2 is 1.67 bits per heavy atom. The fourth-order valence-electron chi connectivity index (χ4n) is 4.36. The largest absolute Gasteiger partial charge is 0.493 e. The first kappa shape index (κ1) is 20.7. The van der Waals surface area contributed by atoms with Crippen molar-refractivity contribution in [2.45, 2.75) is 32.7 Å². The molecule has 1 saturated heterocycles. The van der Waals surface area contributed by atoms with Crippen LogP contribution in [0.4, 0.5) is 5.69 Å². The topological polar surface area (TPSA) is 15.7 Å². The number of nitrogens with zero attached hydrogens (tertiary/aromatic N) is 2. The molecule has 3 heteroatoms. The number of rotatable bonds is 8. The van der Waals surface area contributed by atoms with Gasteiger partial charge < -0.3 is 9.64 Å². The van der Waals surface area contributed by atoms with Crippen LogP contribution < -0.4 is 9.64 Å². The zero-order valence-electron chi connectivity index (χ0n) is 18.4. The van der Waals surface area contributed by atoms with E-state index in [9.17, 15) is 0 Å². The fourth-order valence-corrected chi connectivity index (χ4v) is 4.36. The third-order valence-electron chi connectivity index (χ3n) is 6.26. The molecule has 0 N–H and O–H groups in total. The highest BCUT2D eigenvalue weighted by molar-refractivity contribution is 5.83. The van der Waals surface area contributed by atoms with Crippen LogP contribution in [0, 0.1) is 5.92 Å². The summed E-state index contributed by atoms with van der Waals surface area (Å²) in [6.45, 7) is 7.52. The van der Waals surface area contributed by atoms with Crippen LogP contribution in [0.3, 0.4) is 0 Å². The van der Waals surface area contributed by atoms with E-state index in [4.69, 9.17) is 4.74 Å². The Morgan fingerprint density at radius 3 is 2.40 bits per heavy atom. The molecule has 0 unspecified atom stereocenters. The molecule has 1 fully saturated rings. The van der Waals surface area contributed by atoms with Crippen molar-refractivity contribution in [3.63, 3.8) is 0 Å². The van der Waals surface area contributed by atoms with Crippen molar-refractivity contribution in [1.82, 2.24) is 4.90 Å². The molecule has 0 saturated carbocycles. The highest BCUT2D eigenvalue weighted by Crippen LogP contribution is 2.24. The molecule has 0 atom stereocenters. The summed E-state index contributed by atoms with van der Waals surface area (Å²) in [6.07, 6.45) is 3.60. The maximum atomic E-state index is 6.14. The summed E-state index contributed by atoms with van der Waals surface area (Å²) >= 11 is 0. The Labute approximate surface area is 181 Å². The molecule has 0 aromatic heterocycles. The lowest BCUT2D eigenvalue weighted by Crippen LogP contribution is -2.35. The summed E-state index contributed by atoms with van der Waals surface area (Å²) in [5, 5.41) is 2.51. The third-order valence-corrected chi connectivity index (χ3v) is 6.26. The van der Waals surface area contributed by atoms with Crippen molar-refractivity contribution in [1.29, 1.82) is 0 Å². The summed E-state index contributed by atoms with van der Waals surface area (Å²) in [6, 6.07) is 24.0. The van der Waals surface area contributed by atoms with Gasteiger partial charge in [-0.2, -0.15) is 0 Å². The van der Waals surface area contributed by atoms with E-state index in [1.54, 1.807) is 0 Å². The van der Waals surface area contributed by atoms with E-state index in [1.807, 2.05) is 0 Å². The second-order valence-corrected chi connectivity index (χ2v) is 8.63. The minimum Gasteiger partial charge on any atom is -0.493 e. The zero-order chi connectivity index (χ0) is 20.8. The van der Waals surface area contributed by atoms with Crippen molar-refractivity contribution < 1.29 is 4.74 Å². The number of hydrogen-bond acceptors (Lipinski definition) is 3. The molecule has 0 radical (unpaired) electrons. The number of hydrogen-bond donors (Lipinski definition) is 0. The highest BCUT2D eigenvalue weighted by Gasteiger charge is 2.20. The van der Waals surface area contributed by atoms with Gasteiger partial charge in [0.1, 0.15) is 5.75 Å². The van der Waals surface area contributed by atoms with Gasteiger partial charge in [0.15, 0.2) is 0 Å². The molecule has 30 heavy (non-hydrogen) atoms. The van der Waals surface area contributed by atoms with Gasteiger partial charge >= 0.3 is 0 Å². The van der Waals surface area contributed by atoms with E-state index in [1.165, 1.54) is 41.3 Å². The number of anilines is 1. The van der Waals surface area contributed by atoms with Crippen LogP contribution in [-0.4, -0.2) is 38.2 Å². The zero-order valence-corrected chi connectivity index (χ0v) is 18.4. The summed E-state index contributed by atoms with van der Waals surface area (Å²) in [4.78, 5) is 4.90. The number of fused-ring (bicyclic) bond motifs is 1. The smallest absolute Gasteiger partial charge is 0.119 e. The summed E-state index contributed by atoms with van der Waals surface area (Å²) in [7, 11) is 2.17. The van der Waals surface area contributed by atoms with E-state index in [-0.39, 0.29) is 0 Å². The average molecular weight is 403 g/mol. The maximum Gasteiger partial charge on any atom is 0.119 e. The fraction of sp³-hybridized carbons (Fsp3) is 0.407. The van der Waals surface area contributed by atoms with Crippen LogP contribution in [0.15, 0.2) is 66.7 Å². The minimum absolute atomic E-state index is 0.651. The normalized spacial score (nSPS) is 15.4. The van der Waals surface area contributed by atoms with E-state index in [0.717, 1.165) is 38.5 Å². The average Bonchev–Trinajstić information content (AvgIpc) is 2.79. The molecule has 1 heterocycles. The molecular weight excluding hydrogens is 368 g/mol. The quantitative estimate of drug-likeness (QED) is 0.461. The highest BCUT2D eigenvalue weighted by atomic mass is 16.5. The van der Waals surface area contributed by atoms with Crippen molar-refractivity contribution in [3.8, 4) is 5.75 Å². The molecule has 0 bridgehead atoms. The first-order chi connectivity index (χ1) is 14.7. The Bertz CT molecular complexity index is 929. The van der Waals surface area contributed by atoms with Crippen molar-refractivity contribution in [2.24, 2.45) is 5.92 Å². The molecule has 3 aromatic carbocycles. The number of ether oxygens (including phenoxy) is 1. The first-order valence-corrected chi connectivity index (χ1v) is 11.4. The predicted molar refractivity (Wildman–Crippen MR) is 127 cm³/mol. The molecule has 4 rings (SSSR count). The van der Waals surface area contributed by atoms with Crippen LogP contribution in [0.1, 0.15) is 31.7 Å². The van der Waals surface area contributed by atoms with Crippen LogP contribution in [0.2, 0.25) is 0 Å². The van der Waals surface area contributed by atoms with Gasteiger partial charge in [0.25, 0.3) is 0 Å². The molecule has 1 aliphatic heterocycles. The Hall–Kier alpha value is -2.52. The Morgan fingerprint density at radius 1 is 0.933 bits per heavy atom. The van der Waals surface area contributed by atoms with E-state index >= 15 is 0 Å². The minimum atomic E-state index is 0.651. The second-order valence-electron chi connectivity index (χ2n) is 8.63. The van der Waals surface area contributed by atoms with Gasteiger partial charge in [0, 0.05) is 25.8 Å². The Balaban J connectivity index is 1.22. The van der Waals surface area contributed by atoms with E-state index in [2.05, 4.69) is 90.5 Å². The van der Waals surface area contributed by atoms with Gasteiger partial charge in [-0.25, -0.2) is 0 Å². The van der Waals surface area contributed by atoms with Gasteiger partial charge in [-0.15, -0.1) is 0 Å². The molecule has 1 aliphatic rings. The predicted octanol–water partition coefficient (Wildman–Crippen LogP) is 5.98. The molecular formula is C27H34N2O. The van der Waals surface area contributed by atoms with Crippen LogP contribution >= 0.6 is 0 Å². The number of benzene rings is 3. The molecule has 158 valence electrons. The first-order valence-electron chi connectivity index (χ1n) is 11.4. The van der Waals surface area contributed by atoms with Gasteiger partial charge in [0.05, 0.1) is 6.61 Å². The van der Waals surface area contributed by atoms with Crippen molar-refractivity contribution in [2.75, 3.05) is 38.2 Å². The van der Waals surface area contributed by atoms with Crippen LogP contribution in [-0.2, 0) is 6.54 Å². The lowest BCUT2D eigenvalue weighted by Gasteiger charge is -2.32. The van der Waals surface area contributed by atoms with Gasteiger partial charge in [-0.3, -0.25) is 4.90 Å². The third kappa shape index (κ3) is 5.34. The molecule has 0 spiro atoms. The molecule has 3 aromatic rings. The summed E-state index contributed by atoms with van der Waals surface area (Å²) in [5.74, 6) is 1.64. The van der Waals surface area contributed by atoms with Gasteiger partial charge in [-0.05, 0) is 78.9 Å². The van der Waals surface area contributed by atoms with Crippen LogP contribution in [0.25, 0.3) is 10.8 Å². The lowest BCUT2D eigenvalue weighted by molar-refractivity contribution is 0.137. The standard InChI is InChI=1S/C27H34N2O/c1-3-16-28(2)26-11-8-22(9-12-26)20-29-17-14-23(15-18-29)21-30-27-13-10-24-6-4-5-7-25(24)19-27/h4-13,19,23H,3,14-18,20-21H2,1-2H3. The van der Waals surface area contributed by atoms with Crippen molar-refractivity contribution >= 4 is 16.5 Å². The molecule has 3 nitrogen and oxygen atoms in total. The number of likely N-dealkylation sites (tertiary alicyclic amines) is 1. The SMILES string of the molecule is CCCN(C)c1ccc(CN2CCC(COc3ccc4ccccc4c3)CC2)cc1. The molecule has 0 aliphatic carbocycles. The maximum absolute atomic E-state index is 6.14. The number of piperidine rings is 1. The monoisotopic (exact) mass is 402 g/mol. The molecule has 0 amide bonds. The lowest BCUT2D eigenvalue weighted by atomic mass is 9.97. The van der Waals surface area contributed by atoms with Crippen LogP contribution in [0.5, 0.6) is 5.75 Å². The second kappa shape index (κ2) is 9.99. The van der Waals surface area contributed by atoms with Crippen molar-refractivity contribution in [3.05, 3.63) is 72.3 Å². The van der Waals surface area contributed by atoms with E-state index in [0.29, 0.717) is 5.92 Å².